The van der Waals surface area contributed by atoms with Crippen LogP contribution in [0.2, 0.25) is 0 Å². The van der Waals surface area contributed by atoms with Crippen LogP contribution in [0.4, 0.5) is 0 Å². The van der Waals surface area contributed by atoms with Gasteiger partial charge in [-0.05, 0) is 48.2 Å². The minimum atomic E-state index is 0.128. The number of aromatic nitrogens is 1. The Bertz CT molecular complexity index is 652. The highest BCUT2D eigenvalue weighted by molar-refractivity contribution is 5.97. The zero-order valence-corrected chi connectivity index (χ0v) is 12.3. The zero-order valence-electron chi connectivity index (χ0n) is 12.3. The molecule has 0 aliphatic rings. The highest BCUT2D eigenvalue weighted by Crippen LogP contribution is 2.12. The molecule has 21 heavy (non-hydrogen) atoms. The van der Waals surface area contributed by atoms with Gasteiger partial charge in [0.05, 0.1) is 0 Å². The van der Waals surface area contributed by atoms with Gasteiger partial charge in [0.1, 0.15) is 0 Å². The van der Waals surface area contributed by atoms with E-state index in [4.69, 9.17) is 10.9 Å². The van der Waals surface area contributed by atoms with Gasteiger partial charge in [-0.1, -0.05) is 17.3 Å². The van der Waals surface area contributed by atoms with Gasteiger partial charge in [-0.15, -0.1) is 0 Å². The molecule has 0 radical (unpaired) electrons. The average Bonchev–Trinajstić information content (AvgIpc) is 2.50. The summed E-state index contributed by atoms with van der Waals surface area (Å²) < 4.78 is 0. The molecule has 1 aromatic carbocycles. The summed E-state index contributed by atoms with van der Waals surface area (Å²) in [5.41, 5.74) is 11.0. The topological polar surface area (TPSA) is 83.5 Å². The third kappa shape index (κ3) is 3.79. The smallest absolute Gasteiger partial charge is 0.170 e. The first kappa shape index (κ1) is 15.0. The maximum absolute atomic E-state index is 8.69. The molecule has 4 N–H and O–H groups in total. The van der Waals surface area contributed by atoms with E-state index < -0.39 is 0 Å². The van der Waals surface area contributed by atoms with Crippen LogP contribution in [0.15, 0.2) is 41.8 Å². The lowest BCUT2D eigenvalue weighted by molar-refractivity contribution is 0.318. The van der Waals surface area contributed by atoms with Gasteiger partial charge in [-0.2, -0.15) is 0 Å². The zero-order chi connectivity index (χ0) is 15.2. The molecule has 0 aliphatic carbocycles. The van der Waals surface area contributed by atoms with Crippen molar-refractivity contribution in [2.75, 3.05) is 0 Å². The van der Waals surface area contributed by atoms with Crippen molar-refractivity contribution in [2.24, 2.45) is 10.9 Å². The Morgan fingerprint density at radius 3 is 2.62 bits per heavy atom. The molecule has 0 saturated carbocycles. The van der Waals surface area contributed by atoms with Crippen molar-refractivity contribution in [3.8, 4) is 0 Å². The fourth-order valence-electron chi connectivity index (χ4n) is 2.12. The van der Waals surface area contributed by atoms with Crippen molar-refractivity contribution in [3.05, 3.63) is 64.5 Å². The van der Waals surface area contributed by atoms with Crippen LogP contribution in [0.5, 0.6) is 0 Å². The van der Waals surface area contributed by atoms with E-state index >= 15 is 0 Å². The fraction of sp³-hybridized carbons (Fsp3) is 0.250. The Kier molecular flexibility index (Phi) is 4.90. The van der Waals surface area contributed by atoms with Crippen LogP contribution in [-0.2, 0) is 13.1 Å². The van der Waals surface area contributed by atoms with Crippen LogP contribution in [0.25, 0.3) is 0 Å². The molecule has 0 bridgehead atoms. The predicted molar refractivity (Wildman–Crippen MR) is 83.2 cm³/mol. The average molecular weight is 284 g/mol. The number of nitrogens with zero attached hydrogens (tertiary/aromatic N) is 2. The third-order valence-corrected chi connectivity index (χ3v) is 3.52. The van der Waals surface area contributed by atoms with E-state index in [9.17, 15) is 0 Å². The lowest BCUT2D eigenvalue weighted by atomic mass is 10.0. The number of oxime groups is 1. The number of rotatable bonds is 5. The van der Waals surface area contributed by atoms with E-state index in [1.807, 2.05) is 37.4 Å². The number of nitrogens with two attached hydrogens (primary N) is 1. The molecule has 1 heterocycles. The molecular weight excluding hydrogens is 264 g/mol. The molecule has 0 aliphatic heterocycles. The van der Waals surface area contributed by atoms with Gasteiger partial charge in [0.15, 0.2) is 5.84 Å². The molecule has 110 valence electrons. The molecule has 0 amide bonds. The number of hydrogen-bond donors (Lipinski definition) is 3. The van der Waals surface area contributed by atoms with Crippen molar-refractivity contribution >= 4 is 5.84 Å². The number of nitrogens with one attached hydrogen (secondary N) is 1. The second-order valence-electron chi connectivity index (χ2n) is 5.03. The third-order valence-electron chi connectivity index (χ3n) is 3.52. The summed E-state index contributed by atoms with van der Waals surface area (Å²) in [6.45, 7) is 5.63. The minimum Gasteiger partial charge on any atom is -0.409 e. The Hall–Kier alpha value is -2.40. The molecule has 0 atom stereocenters. The van der Waals surface area contributed by atoms with E-state index in [-0.39, 0.29) is 5.84 Å². The minimum absolute atomic E-state index is 0.128. The van der Waals surface area contributed by atoms with Crippen LogP contribution >= 0.6 is 0 Å². The van der Waals surface area contributed by atoms with Crippen LogP contribution < -0.4 is 11.1 Å². The van der Waals surface area contributed by atoms with Gasteiger partial charge in [0.2, 0.25) is 0 Å². The Labute approximate surface area is 124 Å². The molecule has 1 aromatic heterocycles. The van der Waals surface area contributed by atoms with Gasteiger partial charge in [-0.25, -0.2) is 0 Å². The first-order valence-electron chi connectivity index (χ1n) is 6.79. The van der Waals surface area contributed by atoms with Crippen molar-refractivity contribution in [3.63, 3.8) is 0 Å². The number of amidine groups is 1. The lowest BCUT2D eigenvalue weighted by Crippen LogP contribution is -2.16. The summed E-state index contributed by atoms with van der Waals surface area (Å²) in [6.07, 6.45) is 3.69. The summed E-state index contributed by atoms with van der Waals surface area (Å²) in [5.74, 6) is 0.128. The van der Waals surface area contributed by atoms with Crippen LogP contribution in [0.1, 0.15) is 27.8 Å². The number of aryl methyl sites for hydroxylation is 2. The molecule has 0 spiro atoms. The highest BCUT2D eigenvalue weighted by atomic mass is 16.4. The molecule has 0 saturated heterocycles. The lowest BCUT2D eigenvalue weighted by Gasteiger charge is -2.10. The van der Waals surface area contributed by atoms with Gasteiger partial charge in [-0.3, -0.25) is 4.98 Å². The van der Waals surface area contributed by atoms with Crippen molar-refractivity contribution in [1.82, 2.24) is 10.3 Å². The van der Waals surface area contributed by atoms with E-state index in [0.717, 1.165) is 24.2 Å². The Morgan fingerprint density at radius 1 is 1.19 bits per heavy atom. The van der Waals surface area contributed by atoms with Gasteiger partial charge >= 0.3 is 0 Å². The molecule has 0 fully saturated rings. The largest absolute Gasteiger partial charge is 0.409 e. The summed E-state index contributed by atoms with van der Waals surface area (Å²) >= 11 is 0. The van der Waals surface area contributed by atoms with Crippen LogP contribution in [0, 0.1) is 13.8 Å². The van der Waals surface area contributed by atoms with Crippen molar-refractivity contribution < 1.29 is 5.21 Å². The number of benzene rings is 1. The van der Waals surface area contributed by atoms with Crippen LogP contribution in [0.3, 0.4) is 0 Å². The Morgan fingerprint density at radius 2 is 1.95 bits per heavy atom. The maximum Gasteiger partial charge on any atom is 0.170 e. The van der Waals surface area contributed by atoms with Crippen molar-refractivity contribution in [1.29, 1.82) is 0 Å². The van der Waals surface area contributed by atoms with Crippen LogP contribution in [-0.4, -0.2) is 16.0 Å². The standard InChI is InChI=1S/C16H20N4O/c1-11-5-6-18-9-15(11)10-19-8-14-4-3-13(7-12(14)2)16(17)20-21/h3-7,9,19,21H,8,10H2,1-2H3,(H2,17,20). The number of hydrogen-bond acceptors (Lipinski definition) is 4. The SMILES string of the molecule is Cc1cc(/C(N)=N/O)ccc1CNCc1cnccc1C. The highest BCUT2D eigenvalue weighted by Gasteiger charge is 2.04. The monoisotopic (exact) mass is 284 g/mol. The molecule has 2 rings (SSSR count). The molecule has 2 aromatic rings. The predicted octanol–water partition coefficient (Wildman–Crippen LogP) is 2.08. The first-order chi connectivity index (χ1) is 10.1. The summed E-state index contributed by atoms with van der Waals surface area (Å²) in [7, 11) is 0. The van der Waals surface area contributed by atoms with E-state index in [0.29, 0.717) is 0 Å². The van der Waals surface area contributed by atoms with Gasteiger partial charge in [0, 0.05) is 31.0 Å². The van der Waals surface area contributed by atoms with E-state index in [1.165, 1.54) is 16.7 Å². The summed E-state index contributed by atoms with van der Waals surface area (Å²) in [5, 5.41) is 15.1. The van der Waals surface area contributed by atoms with Gasteiger partial charge in [0.25, 0.3) is 0 Å². The quantitative estimate of drug-likeness (QED) is 0.340. The van der Waals surface area contributed by atoms with Crippen molar-refractivity contribution in [2.45, 2.75) is 26.9 Å². The fourth-order valence-corrected chi connectivity index (χ4v) is 2.12. The normalized spacial score (nSPS) is 11.6. The van der Waals surface area contributed by atoms with E-state index in [1.54, 1.807) is 6.20 Å². The first-order valence-corrected chi connectivity index (χ1v) is 6.79. The maximum atomic E-state index is 8.69. The van der Waals surface area contributed by atoms with Gasteiger partial charge < -0.3 is 16.3 Å². The summed E-state index contributed by atoms with van der Waals surface area (Å²) in [4.78, 5) is 4.14. The molecular formula is C16H20N4O. The molecule has 5 nitrogen and oxygen atoms in total. The summed E-state index contributed by atoms with van der Waals surface area (Å²) in [6, 6.07) is 7.77. The Balaban J connectivity index is 1.99. The molecule has 5 heteroatoms. The molecule has 0 unspecified atom stereocenters. The van der Waals surface area contributed by atoms with E-state index in [2.05, 4.69) is 22.4 Å². The second-order valence-corrected chi connectivity index (χ2v) is 5.03. The number of pyridine rings is 1. The second kappa shape index (κ2) is 6.85.